The molecular weight excluding hydrogens is 372 g/mol. The van der Waals surface area contributed by atoms with Crippen LogP contribution in [0.25, 0.3) is 0 Å². The molecule has 0 bridgehead atoms. The molecule has 2 amide bonds. The van der Waals surface area contributed by atoms with Crippen LogP contribution in [0.2, 0.25) is 0 Å². The number of amides is 2. The van der Waals surface area contributed by atoms with E-state index in [0.29, 0.717) is 0 Å². The van der Waals surface area contributed by atoms with Gasteiger partial charge < -0.3 is 18.9 Å². The van der Waals surface area contributed by atoms with Crippen LogP contribution in [-0.4, -0.2) is 71.1 Å². The van der Waals surface area contributed by atoms with Crippen molar-refractivity contribution >= 4 is 24.1 Å². The molecule has 0 saturated carbocycles. The van der Waals surface area contributed by atoms with E-state index >= 15 is 0 Å². The third-order valence-electron chi connectivity index (χ3n) is 3.41. The molecule has 1 rings (SSSR count). The van der Waals surface area contributed by atoms with Gasteiger partial charge in [0, 0.05) is 13.3 Å². The summed E-state index contributed by atoms with van der Waals surface area (Å²) in [6.45, 7) is 11.0. The maximum atomic E-state index is 12.8. The Kier molecular flexibility index (Phi) is 7.27. The predicted molar refractivity (Wildman–Crippen MR) is 97.0 cm³/mol. The summed E-state index contributed by atoms with van der Waals surface area (Å²) < 4.78 is 20.7. The van der Waals surface area contributed by atoms with E-state index in [0.717, 1.165) is 17.1 Å². The number of carbonyl (C=O) groups excluding carboxylic acids is 4. The Labute approximate surface area is 165 Å². The fourth-order valence-corrected chi connectivity index (χ4v) is 2.54. The Bertz CT molecular complexity index is 620. The molecule has 160 valence electrons. The fraction of sp³-hybridized carbons (Fsp3) is 0.778. The SMILES string of the molecule is COC(=O)[C@H]1C[C@@H](OC(C)=O)CN(C(=O)OC(C)(C)C)N1C(=O)OC(C)(C)C. The summed E-state index contributed by atoms with van der Waals surface area (Å²) in [4.78, 5) is 49.3. The van der Waals surface area contributed by atoms with Gasteiger partial charge in [-0.25, -0.2) is 19.4 Å². The number of rotatable bonds is 2. The molecule has 10 nitrogen and oxygen atoms in total. The molecule has 1 aliphatic heterocycles. The smallest absolute Gasteiger partial charge is 0.430 e. The molecule has 2 atom stereocenters. The van der Waals surface area contributed by atoms with Crippen LogP contribution in [0, 0.1) is 0 Å². The highest BCUT2D eigenvalue weighted by Crippen LogP contribution is 2.26. The Morgan fingerprint density at radius 1 is 0.893 bits per heavy atom. The van der Waals surface area contributed by atoms with Crippen LogP contribution >= 0.6 is 0 Å². The summed E-state index contributed by atoms with van der Waals surface area (Å²) in [6.07, 6.45) is -2.68. The van der Waals surface area contributed by atoms with Crippen LogP contribution in [0.15, 0.2) is 0 Å². The first-order valence-electron chi connectivity index (χ1n) is 8.92. The highest BCUT2D eigenvalue weighted by molar-refractivity contribution is 5.84. The molecule has 1 saturated heterocycles. The van der Waals surface area contributed by atoms with Gasteiger partial charge in [-0.1, -0.05) is 0 Å². The molecule has 0 N–H and O–H groups in total. The number of hydrogen-bond donors (Lipinski definition) is 0. The fourth-order valence-electron chi connectivity index (χ4n) is 2.54. The van der Waals surface area contributed by atoms with E-state index < -0.39 is 47.5 Å². The van der Waals surface area contributed by atoms with Crippen molar-refractivity contribution in [1.82, 2.24) is 10.0 Å². The van der Waals surface area contributed by atoms with E-state index in [1.165, 1.54) is 6.92 Å². The van der Waals surface area contributed by atoms with E-state index in [1.807, 2.05) is 0 Å². The van der Waals surface area contributed by atoms with Crippen LogP contribution in [0.1, 0.15) is 54.9 Å². The average molecular weight is 402 g/mol. The number of methoxy groups -OCH3 is 1. The van der Waals surface area contributed by atoms with E-state index in [9.17, 15) is 19.2 Å². The van der Waals surface area contributed by atoms with E-state index in [-0.39, 0.29) is 13.0 Å². The monoisotopic (exact) mass is 402 g/mol. The molecule has 1 fully saturated rings. The van der Waals surface area contributed by atoms with Crippen molar-refractivity contribution in [1.29, 1.82) is 0 Å². The molecular formula is C18H30N2O8. The standard InChI is InChI=1S/C18H30N2O8/c1-11(21)26-12-9-13(14(22)25-8)20(16(24)28-18(5,6)7)19(10-12)15(23)27-17(2,3)4/h12-13H,9-10H2,1-8H3/t12-,13-/m1/s1. The van der Waals surface area contributed by atoms with Crippen molar-refractivity contribution in [2.75, 3.05) is 13.7 Å². The number of ether oxygens (including phenoxy) is 4. The topological polar surface area (TPSA) is 112 Å². The van der Waals surface area contributed by atoms with Crippen LogP contribution in [0.5, 0.6) is 0 Å². The maximum Gasteiger partial charge on any atom is 0.430 e. The Morgan fingerprint density at radius 2 is 1.39 bits per heavy atom. The van der Waals surface area contributed by atoms with Crippen molar-refractivity contribution < 1.29 is 38.1 Å². The van der Waals surface area contributed by atoms with Gasteiger partial charge in [-0.05, 0) is 41.5 Å². The van der Waals surface area contributed by atoms with E-state index in [4.69, 9.17) is 18.9 Å². The lowest BCUT2D eigenvalue weighted by molar-refractivity contribution is -0.175. The van der Waals surface area contributed by atoms with Gasteiger partial charge in [-0.3, -0.25) is 4.79 Å². The normalized spacial score (nSPS) is 20.3. The van der Waals surface area contributed by atoms with E-state index in [1.54, 1.807) is 41.5 Å². The number of hydrazine groups is 1. The number of nitrogens with zero attached hydrogens (tertiary/aromatic N) is 2. The molecule has 28 heavy (non-hydrogen) atoms. The molecule has 0 aliphatic carbocycles. The first kappa shape index (κ1) is 23.5. The average Bonchev–Trinajstić information content (AvgIpc) is 2.49. The van der Waals surface area contributed by atoms with Gasteiger partial charge >= 0.3 is 24.1 Å². The lowest BCUT2D eigenvalue weighted by Crippen LogP contribution is -2.65. The largest absolute Gasteiger partial charge is 0.467 e. The number of hydrogen-bond acceptors (Lipinski definition) is 8. The minimum atomic E-state index is -1.23. The lowest BCUT2D eigenvalue weighted by atomic mass is 10.1. The second-order valence-corrected chi connectivity index (χ2v) is 8.39. The van der Waals surface area contributed by atoms with Crippen LogP contribution < -0.4 is 0 Å². The summed E-state index contributed by atoms with van der Waals surface area (Å²) >= 11 is 0. The highest BCUT2D eigenvalue weighted by Gasteiger charge is 2.47. The third kappa shape index (κ3) is 6.90. The lowest BCUT2D eigenvalue weighted by Gasteiger charge is -2.44. The third-order valence-corrected chi connectivity index (χ3v) is 3.41. The summed E-state index contributed by atoms with van der Waals surface area (Å²) in [5, 5.41) is 1.78. The predicted octanol–water partition coefficient (Wildman–Crippen LogP) is 2.25. The number of esters is 2. The molecule has 10 heteroatoms. The van der Waals surface area contributed by atoms with Crippen LogP contribution in [0.3, 0.4) is 0 Å². The first-order chi connectivity index (χ1) is 12.6. The molecule has 0 aromatic carbocycles. The highest BCUT2D eigenvalue weighted by atomic mass is 16.6. The van der Waals surface area contributed by atoms with Gasteiger partial charge in [-0.15, -0.1) is 0 Å². The van der Waals surface area contributed by atoms with Crippen molar-refractivity contribution in [3.8, 4) is 0 Å². The Balaban J connectivity index is 3.32. The second-order valence-electron chi connectivity index (χ2n) is 8.39. The van der Waals surface area contributed by atoms with Gasteiger partial charge in [0.15, 0.2) is 6.04 Å². The van der Waals surface area contributed by atoms with Crippen molar-refractivity contribution in [2.24, 2.45) is 0 Å². The van der Waals surface area contributed by atoms with E-state index in [2.05, 4.69) is 0 Å². The Hall–Kier alpha value is -2.52. The van der Waals surface area contributed by atoms with Crippen LogP contribution in [0.4, 0.5) is 9.59 Å². The molecule has 1 heterocycles. The maximum absolute atomic E-state index is 12.8. The zero-order valence-corrected chi connectivity index (χ0v) is 17.7. The quantitative estimate of drug-likeness (QED) is 0.511. The zero-order valence-electron chi connectivity index (χ0n) is 17.7. The summed E-state index contributed by atoms with van der Waals surface area (Å²) in [6, 6.07) is -1.23. The minimum absolute atomic E-state index is 0.0508. The van der Waals surface area contributed by atoms with Crippen molar-refractivity contribution in [3.63, 3.8) is 0 Å². The van der Waals surface area contributed by atoms with Gasteiger partial charge in [0.25, 0.3) is 0 Å². The zero-order chi connectivity index (χ0) is 21.9. The first-order valence-corrected chi connectivity index (χ1v) is 8.92. The molecule has 1 aliphatic rings. The molecule has 0 aromatic rings. The van der Waals surface area contributed by atoms with Gasteiger partial charge in [0.2, 0.25) is 0 Å². The number of carbonyl (C=O) groups is 4. The van der Waals surface area contributed by atoms with Gasteiger partial charge in [0.1, 0.15) is 17.3 Å². The second kappa shape index (κ2) is 8.66. The van der Waals surface area contributed by atoms with Gasteiger partial charge in [-0.2, -0.15) is 5.01 Å². The molecule has 0 aromatic heterocycles. The van der Waals surface area contributed by atoms with Crippen molar-refractivity contribution in [2.45, 2.75) is 78.2 Å². The summed E-state index contributed by atoms with van der Waals surface area (Å²) in [7, 11) is 1.16. The van der Waals surface area contributed by atoms with Crippen LogP contribution in [-0.2, 0) is 28.5 Å². The minimum Gasteiger partial charge on any atom is -0.467 e. The molecule has 0 spiro atoms. The van der Waals surface area contributed by atoms with Crippen molar-refractivity contribution in [3.05, 3.63) is 0 Å². The summed E-state index contributed by atoms with van der Waals surface area (Å²) in [5.74, 6) is -1.36. The van der Waals surface area contributed by atoms with Gasteiger partial charge in [0.05, 0.1) is 13.7 Å². The summed E-state index contributed by atoms with van der Waals surface area (Å²) in [5.41, 5.74) is -1.73. The Morgan fingerprint density at radius 3 is 1.82 bits per heavy atom. The molecule has 0 unspecified atom stereocenters. The molecule has 0 radical (unpaired) electrons.